The number of aromatic hydroxyl groups is 1. The Balaban J connectivity index is 2.17. The van der Waals surface area contributed by atoms with E-state index in [1.807, 2.05) is 29.0 Å². The van der Waals surface area contributed by atoms with Crippen LogP contribution < -0.4 is 5.48 Å². The molecule has 5 nitrogen and oxygen atoms in total. The smallest absolute Gasteiger partial charge is 0.278 e. The first-order valence-corrected chi connectivity index (χ1v) is 5.95. The summed E-state index contributed by atoms with van der Waals surface area (Å²) in [6.07, 6.45) is 1.87. The normalized spacial score (nSPS) is 10.7. The predicted molar refractivity (Wildman–Crippen MR) is 73.0 cm³/mol. The Hall–Kier alpha value is -2.79. The Labute approximate surface area is 114 Å². The van der Waals surface area contributed by atoms with Gasteiger partial charge in [-0.2, -0.15) is 0 Å². The van der Waals surface area contributed by atoms with Crippen molar-refractivity contribution in [3.63, 3.8) is 0 Å². The number of amides is 1. The Bertz CT molecular complexity index is 793. The van der Waals surface area contributed by atoms with E-state index in [1.165, 1.54) is 17.6 Å². The molecule has 0 aliphatic carbocycles. The number of rotatable bonds is 2. The maximum absolute atomic E-state index is 11.5. The molecule has 0 fully saturated rings. The molecule has 0 atom stereocenters. The number of phenolic OH excluding ortho intramolecular Hbond substituents is 1. The molecule has 3 rings (SSSR count). The van der Waals surface area contributed by atoms with Crippen molar-refractivity contribution < 1.29 is 15.1 Å². The molecular weight excluding hydrogens is 256 g/mol. The molecule has 99 valence electrons. The first-order valence-electron chi connectivity index (χ1n) is 5.95. The first kappa shape index (κ1) is 12.3. The highest BCUT2D eigenvalue weighted by atomic mass is 16.5. The van der Waals surface area contributed by atoms with Crippen molar-refractivity contribution in [2.45, 2.75) is 0 Å². The average molecular weight is 267 g/mol. The van der Waals surface area contributed by atoms with Gasteiger partial charge in [0, 0.05) is 17.3 Å². The summed E-state index contributed by atoms with van der Waals surface area (Å²) in [7, 11) is 0. The minimum Gasteiger partial charge on any atom is -0.507 e. The number of aromatic nitrogens is 1. The summed E-state index contributed by atoms with van der Waals surface area (Å²) in [5, 5.41) is 19.4. The van der Waals surface area contributed by atoms with Gasteiger partial charge in [0.05, 0.1) is 11.1 Å². The zero-order valence-corrected chi connectivity index (χ0v) is 10.4. The molecule has 3 N–H and O–H groups in total. The van der Waals surface area contributed by atoms with Gasteiger partial charge in [0.15, 0.2) is 0 Å². The predicted octanol–water partition coefficient (Wildman–Crippen LogP) is 2.26. The van der Waals surface area contributed by atoms with E-state index >= 15 is 0 Å². The Morgan fingerprint density at radius 3 is 2.90 bits per heavy atom. The van der Waals surface area contributed by atoms with Gasteiger partial charge in [-0.05, 0) is 42.5 Å². The number of carbonyl (C=O) groups is 1. The van der Waals surface area contributed by atoms with Crippen LogP contribution in [0.3, 0.4) is 0 Å². The number of hydrogen-bond acceptors (Lipinski definition) is 3. The molecule has 1 radical (unpaired) electrons. The third-order valence-electron chi connectivity index (χ3n) is 3.14. The van der Waals surface area contributed by atoms with Crippen LogP contribution >= 0.6 is 0 Å². The molecule has 5 heteroatoms. The number of hydroxylamine groups is 1. The lowest BCUT2D eigenvalue weighted by molar-refractivity contribution is 0.0703. The van der Waals surface area contributed by atoms with Gasteiger partial charge in [0.25, 0.3) is 5.91 Å². The zero-order chi connectivity index (χ0) is 14.1. The van der Waals surface area contributed by atoms with Crippen molar-refractivity contribution >= 4 is 16.8 Å². The van der Waals surface area contributed by atoms with Crippen LogP contribution in [0, 0.1) is 6.07 Å². The SMILES string of the molecule is O=C(NO)c1cc(-n2ccc3c[c]ccc32)ccc1O. The molecule has 1 heterocycles. The lowest BCUT2D eigenvalue weighted by Crippen LogP contribution is -2.18. The lowest BCUT2D eigenvalue weighted by Gasteiger charge is -2.09. The third kappa shape index (κ3) is 1.90. The maximum atomic E-state index is 11.5. The number of phenols is 1. The van der Waals surface area contributed by atoms with Gasteiger partial charge in [-0.25, -0.2) is 5.48 Å². The highest BCUT2D eigenvalue weighted by Gasteiger charge is 2.12. The number of fused-ring (bicyclic) bond motifs is 1. The van der Waals surface area contributed by atoms with E-state index in [0.29, 0.717) is 5.69 Å². The zero-order valence-electron chi connectivity index (χ0n) is 10.4. The fourth-order valence-electron chi connectivity index (χ4n) is 2.16. The van der Waals surface area contributed by atoms with E-state index in [1.54, 1.807) is 12.1 Å². The van der Waals surface area contributed by atoms with E-state index in [4.69, 9.17) is 5.21 Å². The molecule has 0 unspecified atom stereocenters. The average Bonchev–Trinajstić information content (AvgIpc) is 2.91. The minimum absolute atomic E-state index is 0.00865. The molecule has 0 saturated carbocycles. The van der Waals surface area contributed by atoms with Gasteiger partial charge in [0.1, 0.15) is 5.75 Å². The van der Waals surface area contributed by atoms with E-state index in [2.05, 4.69) is 6.07 Å². The first-order chi connectivity index (χ1) is 9.70. The van der Waals surface area contributed by atoms with Gasteiger partial charge >= 0.3 is 0 Å². The summed E-state index contributed by atoms with van der Waals surface area (Å²) in [4.78, 5) is 11.5. The summed E-state index contributed by atoms with van der Waals surface area (Å²) in [5.74, 6) is -0.945. The molecule has 0 bridgehead atoms. The number of nitrogens with zero attached hydrogens (tertiary/aromatic N) is 1. The van der Waals surface area contributed by atoms with Gasteiger partial charge in [-0.1, -0.05) is 6.07 Å². The second kappa shape index (κ2) is 4.71. The van der Waals surface area contributed by atoms with Gasteiger partial charge in [-0.15, -0.1) is 0 Å². The highest BCUT2D eigenvalue weighted by Crippen LogP contribution is 2.24. The molecule has 0 aliphatic rings. The van der Waals surface area contributed by atoms with Crippen molar-refractivity contribution in [2.24, 2.45) is 0 Å². The van der Waals surface area contributed by atoms with Crippen LogP contribution in [-0.2, 0) is 0 Å². The fourth-order valence-corrected chi connectivity index (χ4v) is 2.16. The number of hydrogen-bond donors (Lipinski definition) is 3. The number of carbonyl (C=O) groups excluding carboxylic acids is 1. The summed E-state index contributed by atoms with van der Waals surface area (Å²) >= 11 is 0. The van der Waals surface area contributed by atoms with Crippen molar-refractivity contribution in [3.05, 3.63) is 60.3 Å². The molecule has 20 heavy (non-hydrogen) atoms. The molecule has 0 saturated heterocycles. The molecule has 1 amide bonds. The van der Waals surface area contributed by atoms with Crippen molar-refractivity contribution in [1.29, 1.82) is 0 Å². The van der Waals surface area contributed by atoms with Crippen LogP contribution in [0.4, 0.5) is 0 Å². The van der Waals surface area contributed by atoms with Crippen molar-refractivity contribution in [2.75, 3.05) is 0 Å². The molecule has 0 spiro atoms. The highest BCUT2D eigenvalue weighted by molar-refractivity contribution is 5.96. The lowest BCUT2D eigenvalue weighted by atomic mass is 10.1. The molecule has 3 aromatic rings. The monoisotopic (exact) mass is 267 g/mol. The summed E-state index contributed by atoms with van der Waals surface area (Å²) in [6.45, 7) is 0. The Kier molecular flexibility index (Phi) is 2.89. The van der Waals surface area contributed by atoms with Crippen LogP contribution in [0.15, 0.2) is 48.7 Å². The number of nitrogens with one attached hydrogen (secondary N) is 1. The van der Waals surface area contributed by atoms with E-state index in [9.17, 15) is 9.90 Å². The molecule has 0 aliphatic heterocycles. The quantitative estimate of drug-likeness (QED) is 0.492. The van der Waals surface area contributed by atoms with E-state index < -0.39 is 5.91 Å². The second-order valence-electron chi connectivity index (χ2n) is 4.31. The van der Waals surface area contributed by atoms with Crippen LogP contribution in [0.1, 0.15) is 10.4 Å². The standard InChI is InChI=1S/C15H11N2O3/c18-14-6-5-11(9-12(14)15(19)16-20)17-8-7-10-3-1-2-4-13(10)17/h2-9,18,20H,(H,16,19). The van der Waals surface area contributed by atoms with Crippen LogP contribution in [0.2, 0.25) is 0 Å². The summed E-state index contributed by atoms with van der Waals surface area (Å²) in [5.41, 5.74) is 3.20. The summed E-state index contributed by atoms with van der Waals surface area (Å²) in [6, 6.07) is 15.1. The molecule has 2 aromatic carbocycles. The van der Waals surface area contributed by atoms with Gasteiger partial charge in [0.2, 0.25) is 0 Å². The maximum Gasteiger partial charge on any atom is 0.278 e. The number of benzene rings is 2. The van der Waals surface area contributed by atoms with E-state index in [0.717, 1.165) is 10.9 Å². The Morgan fingerprint density at radius 1 is 1.25 bits per heavy atom. The largest absolute Gasteiger partial charge is 0.507 e. The van der Waals surface area contributed by atoms with Crippen LogP contribution in [-0.4, -0.2) is 20.8 Å². The van der Waals surface area contributed by atoms with Gasteiger partial charge in [-0.3, -0.25) is 10.0 Å². The Morgan fingerprint density at radius 2 is 2.10 bits per heavy atom. The van der Waals surface area contributed by atoms with Gasteiger partial charge < -0.3 is 9.67 Å². The van der Waals surface area contributed by atoms with E-state index in [-0.39, 0.29) is 11.3 Å². The van der Waals surface area contributed by atoms with Crippen molar-refractivity contribution in [1.82, 2.24) is 10.0 Å². The van der Waals surface area contributed by atoms with Crippen molar-refractivity contribution in [3.8, 4) is 11.4 Å². The minimum atomic E-state index is -0.755. The fraction of sp³-hybridized carbons (Fsp3) is 0. The molecular formula is C15H11N2O3. The topological polar surface area (TPSA) is 74.5 Å². The second-order valence-corrected chi connectivity index (χ2v) is 4.31. The van der Waals surface area contributed by atoms with Crippen LogP contribution in [0.5, 0.6) is 5.75 Å². The van der Waals surface area contributed by atoms with Crippen LogP contribution in [0.25, 0.3) is 16.6 Å². The molecule has 1 aromatic heterocycles. The summed E-state index contributed by atoms with van der Waals surface area (Å²) < 4.78 is 1.89. The third-order valence-corrected chi connectivity index (χ3v) is 3.14.